The highest BCUT2D eigenvalue weighted by atomic mass is 32.2. The lowest BCUT2D eigenvalue weighted by Crippen LogP contribution is -2.42. The molecule has 0 saturated carbocycles. The molecule has 0 saturated heterocycles. The molecule has 0 aliphatic heterocycles. The van der Waals surface area contributed by atoms with Crippen molar-refractivity contribution < 1.29 is 14.7 Å². The van der Waals surface area contributed by atoms with Crippen LogP contribution in [0.1, 0.15) is 19.5 Å². The molecule has 1 heterocycles. The first-order valence-electron chi connectivity index (χ1n) is 5.86. The number of aliphatic hydroxyl groups is 1. The Labute approximate surface area is 115 Å². The van der Waals surface area contributed by atoms with Crippen molar-refractivity contribution in [3.05, 3.63) is 11.9 Å². The van der Waals surface area contributed by atoms with Gasteiger partial charge in [-0.1, -0.05) is 11.8 Å². The average Bonchev–Trinajstić information content (AvgIpc) is 2.70. The first-order valence-corrected chi connectivity index (χ1v) is 6.74. The lowest BCUT2D eigenvalue weighted by molar-refractivity contribution is -0.119. The molecule has 0 radical (unpaired) electrons. The van der Waals surface area contributed by atoms with Gasteiger partial charge in [0.2, 0.25) is 5.91 Å². The molecule has 106 valence electrons. The van der Waals surface area contributed by atoms with Gasteiger partial charge in [0.1, 0.15) is 0 Å². The monoisotopic (exact) mass is 286 g/mol. The Morgan fingerprint density at radius 1 is 1.58 bits per heavy atom. The summed E-state index contributed by atoms with van der Waals surface area (Å²) in [7, 11) is 1.76. The lowest BCUT2D eigenvalue weighted by atomic mass is 10.4. The molecule has 1 rings (SSSR count). The summed E-state index contributed by atoms with van der Waals surface area (Å²) in [5, 5.41) is 13.9. The Kier molecular flexibility index (Phi) is 5.84. The largest absolute Gasteiger partial charge is 0.390 e. The normalized spacial score (nSPS) is 12.0. The van der Waals surface area contributed by atoms with Gasteiger partial charge in [-0.15, -0.1) is 0 Å². The fourth-order valence-electron chi connectivity index (χ4n) is 1.31. The molecule has 0 spiro atoms. The standard InChI is InChI=1S/C11H18N4O3S/c1-4-12-10(18)14-9(17)7(2)19-11-13-5-8(6-16)15(11)3/h5,7,16H,4,6H2,1-3H3,(H2,12,14,17,18). The van der Waals surface area contributed by atoms with Gasteiger partial charge in [-0.2, -0.15) is 0 Å². The molecular formula is C11H18N4O3S. The summed E-state index contributed by atoms with van der Waals surface area (Å²) >= 11 is 1.22. The number of carbonyl (C=O) groups excluding carboxylic acids is 2. The number of thioether (sulfide) groups is 1. The van der Waals surface area contributed by atoms with Crippen LogP contribution in [0.25, 0.3) is 0 Å². The van der Waals surface area contributed by atoms with Crippen molar-refractivity contribution >= 4 is 23.7 Å². The van der Waals surface area contributed by atoms with Crippen molar-refractivity contribution in [2.24, 2.45) is 7.05 Å². The van der Waals surface area contributed by atoms with Crippen LogP contribution in [-0.2, 0) is 18.4 Å². The predicted octanol–water partition coefficient (Wildman–Crippen LogP) is 0.239. The van der Waals surface area contributed by atoms with Gasteiger partial charge in [0, 0.05) is 13.6 Å². The predicted molar refractivity (Wildman–Crippen MR) is 71.7 cm³/mol. The van der Waals surface area contributed by atoms with Crippen molar-refractivity contribution in [2.45, 2.75) is 30.9 Å². The molecule has 0 aliphatic carbocycles. The van der Waals surface area contributed by atoms with Crippen LogP contribution in [0.5, 0.6) is 0 Å². The third kappa shape index (κ3) is 4.25. The molecule has 0 fully saturated rings. The van der Waals surface area contributed by atoms with E-state index in [4.69, 9.17) is 5.11 Å². The number of nitrogens with one attached hydrogen (secondary N) is 2. The lowest BCUT2D eigenvalue weighted by Gasteiger charge is -2.11. The number of aromatic nitrogens is 2. The van der Waals surface area contributed by atoms with Gasteiger partial charge in [0.25, 0.3) is 0 Å². The molecule has 1 aromatic heterocycles. The Morgan fingerprint density at radius 2 is 2.26 bits per heavy atom. The van der Waals surface area contributed by atoms with Crippen LogP contribution in [0.15, 0.2) is 11.4 Å². The van der Waals surface area contributed by atoms with Crippen LogP contribution < -0.4 is 10.6 Å². The molecule has 8 heteroatoms. The van der Waals surface area contributed by atoms with Gasteiger partial charge >= 0.3 is 6.03 Å². The third-order valence-corrected chi connectivity index (χ3v) is 3.59. The number of hydrogen-bond donors (Lipinski definition) is 3. The van der Waals surface area contributed by atoms with E-state index >= 15 is 0 Å². The first-order chi connectivity index (χ1) is 8.99. The number of rotatable bonds is 5. The molecule has 3 amide bonds. The van der Waals surface area contributed by atoms with Gasteiger partial charge < -0.3 is 15.0 Å². The summed E-state index contributed by atoms with van der Waals surface area (Å²) < 4.78 is 1.71. The molecular weight excluding hydrogens is 268 g/mol. The van der Waals surface area contributed by atoms with E-state index in [1.165, 1.54) is 11.8 Å². The number of urea groups is 1. The highest BCUT2D eigenvalue weighted by Gasteiger charge is 2.19. The first kappa shape index (κ1) is 15.5. The number of imidazole rings is 1. The SMILES string of the molecule is CCNC(=O)NC(=O)C(C)Sc1ncc(CO)n1C. The van der Waals surface area contributed by atoms with E-state index in [-0.39, 0.29) is 12.5 Å². The summed E-state index contributed by atoms with van der Waals surface area (Å²) in [5.74, 6) is -0.385. The molecule has 1 aromatic rings. The van der Waals surface area contributed by atoms with E-state index in [2.05, 4.69) is 15.6 Å². The minimum absolute atomic E-state index is 0.108. The molecule has 3 N–H and O–H groups in total. The van der Waals surface area contributed by atoms with Crippen LogP contribution in [0.4, 0.5) is 4.79 Å². The topological polar surface area (TPSA) is 96.2 Å². The summed E-state index contributed by atoms with van der Waals surface area (Å²) in [6, 6.07) is -0.504. The average molecular weight is 286 g/mol. The Balaban J connectivity index is 2.58. The summed E-state index contributed by atoms with van der Waals surface area (Å²) in [4.78, 5) is 27.1. The van der Waals surface area contributed by atoms with Crippen molar-refractivity contribution in [1.82, 2.24) is 20.2 Å². The molecule has 0 aromatic carbocycles. The van der Waals surface area contributed by atoms with Gasteiger partial charge in [0.15, 0.2) is 5.16 Å². The summed E-state index contributed by atoms with van der Waals surface area (Å²) in [6.07, 6.45) is 1.55. The summed E-state index contributed by atoms with van der Waals surface area (Å²) in [6.45, 7) is 3.81. The van der Waals surface area contributed by atoms with E-state index < -0.39 is 11.3 Å². The Bertz CT molecular complexity index is 461. The van der Waals surface area contributed by atoms with E-state index in [0.717, 1.165) is 0 Å². The van der Waals surface area contributed by atoms with E-state index in [1.807, 2.05) is 0 Å². The second-order valence-electron chi connectivity index (χ2n) is 3.86. The maximum absolute atomic E-state index is 11.7. The van der Waals surface area contributed by atoms with Crippen molar-refractivity contribution in [1.29, 1.82) is 0 Å². The third-order valence-electron chi connectivity index (χ3n) is 2.43. The van der Waals surface area contributed by atoms with Gasteiger partial charge in [-0.25, -0.2) is 9.78 Å². The number of imide groups is 1. The van der Waals surface area contributed by atoms with Gasteiger partial charge in [-0.05, 0) is 13.8 Å². The second-order valence-corrected chi connectivity index (χ2v) is 5.17. The van der Waals surface area contributed by atoms with Crippen molar-refractivity contribution in [2.75, 3.05) is 6.54 Å². The maximum atomic E-state index is 11.7. The summed E-state index contributed by atoms with van der Waals surface area (Å²) in [5.41, 5.74) is 0.666. The number of carbonyl (C=O) groups is 2. The zero-order chi connectivity index (χ0) is 14.4. The minimum Gasteiger partial charge on any atom is -0.390 e. The highest BCUT2D eigenvalue weighted by molar-refractivity contribution is 8.00. The molecule has 0 aliphatic rings. The molecule has 7 nitrogen and oxygen atoms in total. The number of amides is 3. The molecule has 0 bridgehead atoms. The molecule has 1 unspecified atom stereocenters. The number of nitrogens with zero attached hydrogens (tertiary/aromatic N) is 2. The van der Waals surface area contributed by atoms with Crippen LogP contribution >= 0.6 is 11.8 Å². The number of hydrogen-bond acceptors (Lipinski definition) is 5. The fraction of sp³-hybridized carbons (Fsp3) is 0.545. The van der Waals surface area contributed by atoms with Crippen molar-refractivity contribution in [3.8, 4) is 0 Å². The minimum atomic E-state index is -0.504. The molecule has 1 atom stereocenters. The molecule has 19 heavy (non-hydrogen) atoms. The van der Waals surface area contributed by atoms with E-state index in [0.29, 0.717) is 17.4 Å². The fourth-order valence-corrected chi connectivity index (χ4v) is 2.18. The van der Waals surface area contributed by atoms with Crippen molar-refractivity contribution in [3.63, 3.8) is 0 Å². The maximum Gasteiger partial charge on any atom is 0.321 e. The van der Waals surface area contributed by atoms with Crippen LogP contribution in [0.2, 0.25) is 0 Å². The van der Waals surface area contributed by atoms with Crippen LogP contribution in [0, 0.1) is 0 Å². The zero-order valence-electron chi connectivity index (χ0n) is 11.1. The highest BCUT2D eigenvalue weighted by Crippen LogP contribution is 2.22. The van der Waals surface area contributed by atoms with Crippen LogP contribution in [0.3, 0.4) is 0 Å². The van der Waals surface area contributed by atoms with Gasteiger partial charge in [0.05, 0.1) is 23.7 Å². The second kappa shape index (κ2) is 7.15. The van der Waals surface area contributed by atoms with Gasteiger partial charge in [-0.3, -0.25) is 10.1 Å². The zero-order valence-corrected chi connectivity index (χ0v) is 12.0. The smallest absolute Gasteiger partial charge is 0.321 e. The van der Waals surface area contributed by atoms with E-state index in [1.54, 1.807) is 31.7 Å². The van der Waals surface area contributed by atoms with Crippen LogP contribution in [-0.4, -0.2) is 38.4 Å². The Hall–Kier alpha value is -1.54. The Morgan fingerprint density at radius 3 is 2.79 bits per heavy atom. The van der Waals surface area contributed by atoms with E-state index in [9.17, 15) is 9.59 Å². The number of aliphatic hydroxyl groups excluding tert-OH is 1. The quantitative estimate of drug-likeness (QED) is 0.674.